The van der Waals surface area contributed by atoms with Gasteiger partial charge in [0.05, 0.1) is 11.4 Å². The van der Waals surface area contributed by atoms with Gasteiger partial charge < -0.3 is 10.6 Å². The number of aromatic nitrogens is 6. The summed E-state index contributed by atoms with van der Waals surface area (Å²) >= 11 is 0. The van der Waals surface area contributed by atoms with Gasteiger partial charge >= 0.3 is 0 Å². The van der Waals surface area contributed by atoms with Gasteiger partial charge in [0.15, 0.2) is 0 Å². The smallest absolute Gasteiger partial charge is 0.224 e. The summed E-state index contributed by atoms with van der Waals surface area (Å²) in [4.78, 5) is 9.26. The molecule has 0 fully saturated rings. The number of rotatable bonds is 8. The van der Waals surface area contributed by atoms with E-state index in [-0.39, 0.29) is 12.1 Å². The largest absolute Gasteiger partial charge is 0.367 e. The Hall–Kier alpha value is -2.90. The molecule has 0 aliphatic rings. The molecular weight excluding hydrogens is 388 g/mol. The number of anilines is 2. The zero-order chi connectivity index (χ0) is 22.9. The monoisotopic (exact) mass is 424 g/mol. The average Bonchev–Trinajstić information content (AvgIpc) is 3.07. The van der Waals surface area contributed by atoms with Gasteiger partial charge in [-0.1, -0.05) is 0 Å². The first kappa shape index (κ1) is 22.8. The highest BCUT2D eigenvalue weighted by Gasteiger charge is 2.16. The van der Waals surface area contributed by atoms with Gasteiger partial charge in [0.1, 0.15) is 5.82 Å². The molecule has 3 heterocycles. The maximum absolute atomic E-state index is 4.76. The zero-order valence-corrected chi connectivity index (χ0v) is 20.3. The summed E-state index contributed by atoms with van der Waals surface area (Å²) in [5.41, 5.74) is 8.19. The molecule has 0 amide bonds. The predicted molar refractivity (Wildman–Crippen MR) is 126 cm³/mol. The Morgan fingerprint density at radius 2 is 1.29 bits per heavy atom. The molecule has 0 spiro atoms. The van der Waals surface area contributed by atoms with Gasteiger partial charge in [-0.15, -0.1) is 0 Å². The molecule has 8 nitrogen and oxygen atoms in total. The van der Waals surface area contributed by atoms with Crippen LogP contribution < -0.4 is 10.6 Å². The van der Waals surface area contributed by atoms with Crippen LogP contribution in [0, 0.1) is 34.6 Å². The van der Waals surface area contributed by atoms with Crippen molar-refractivity contribution in [2.75, 3.05) is 10.6 Å². The predicted octanol–water partition coefficient (Wildman–Crippen LogP) is 3.57. The van der Waals surface area contributed by atoms with Gasteiger partial charge in [-0.2, -0.15) is 15.2 Å². The van der Waals surface area contributed by atoms with E-state index in [4.69, 9.17) is 4.98 Å². The lowest BCUT2D eigenvalue weighted by molar-refractivity contribution is 0.725. The molecule has 2 unspecified atom stereocenters. The van der Waals surface area contributed by atoms with Gasteiger partial charge in [-0.25, -0.2) is 4.98 Å². The van der Waals surface area contributed by atoms with Gasteiger partial charge in [0.25, 0.3) is 0 Å². The van der Waals surface area contributed by atoms with Crippen LogP contribution in [-0.2, 0) is 26.9 Å². The molecule has 0 saturated carbocycles. The maximum atomic E-state index is 4.76. The maximum Gasteiger partial charge on any atom is 0.224 e. The molecule has 0 aliphatic carbocycles. The average molecular weight is 425 g/mol. The van der Waals surface area contributed by atoms with E-state index >= 15 is 0 Å². The summed E-state index contributed by atoms with van der Waals surface area (Å²) in [6.07, 6.45) is 3.65. The molecule has 8 heteroatoms. The number of hydrogen-bond acceptors (Lipinski definition) is 6. The van der Waals surface area contributed by atoms with Crippen LogP contribution in [0.1, 0.15) is 53.3 Å². The van der Waals surface area contributed by atoms with Crippen molar-refractivity contribution in [1.29, 1.82) is 0 Å². The summed E-state index contributed by atoms with van der Waals surface area (Å²) < 4.78 is 3.89. The van der Waals surface area contributed by atoms with Gasteiger partial charge in [-0.3, -0.25) is 9.36 Å². The topological polar surface area (TPSA) is 85.5 Å². The molecule has 0 radical (unpaired) electrons. The molecule has 3 aromatic rings. The molecule has 0 saturated heterocycles. The summed E-state index contributed by atoms with van der Waals surface area (Å²) in [7, 11) is 3.98. The Labute approximate surface area is 185 Å². The minimum atomic E-state index is 0.190. The minimum Gasteiger partial charge on any atom is -0.367 e. The second-order valence-electron chi connectivity index (χ2n) is 8.77. The van der Waals surface area contributed by atoms with Crippen LogP contribution in [0.4, 0.5) is 11.8 Å². The van der Waals surface area contributed by atoms with E-state index in [9.17, 15) is 0 Å². The first-order valence-electron chi connectivity index (χ1n) is 10.9. The van der Waals surface area contributed by atoms with E-state index in [1.807, 2.05) is 36.6 Å². The molecule has 0 bridgehead atoms. The Balaban J connectivity index is 1.68. The third-order valence-electron chi connectivity index (χ3n) is 6.07. The summed E-state index contributed by atoms with van der Waals surface area (Å²) in [6.45, 7) is 14.7. The highest BCUT2D eigenvalue weighted by atomic mass is 15.3. The standard InChI is InChI=1S/C23H36N8/c1-13-12-24-23(26-15(3)11-21-17(5)29-31(9)19(21)7)27-22(13)25-14(2)10-20-16(4)28-30(8)18(20)6/h12,14-15H,10-11H2,1-9H3,(H2,24,25,26,27). The molecule has 3 rings (SSSR count). The molecule has 0 aliphatic heterocycles. The highest BCUT2D eigenvalue weighted by Crippen LogP contribution is 2.20. The van der Waals surface area contributed by atoms with Crippen molar-refractivity contribution in [2.45, 2.75) is 73.4 Å². The quantitative estimate of drug-likeness (QED) is 0.575. The fraction of sp³-hybridized carbons (Fsp3) is 0.565. The van der Waals surface area contributed by atoms with Crippen molar-refractivity contribution in [3.8, 4) is 0 Å². The van der Waals surface area contributed by atoms with Crippen LogP contribution in [0.2, 0.25) is 0 Å². The highest BCUT2D eigenvalue weighted by molar-refractivity contribution is 5.47. The molecule has 2 N–H and O–H groups in total. The third-order valence-corrected chi connectivity index (χ3v) is 6.07. The van der Waals surface area contributed by atoms with Crippen molar-refractivity contribution in [3.05, 3.63) is 45.7 Å². The summed E-state index contributed by atoms with van der Waals surface area (Å²) in [5.74, 6) is 1.51. The lowest BCUT2D eigenvalue weighted by Crippen LogP contribution is -2.23. The normalized spacial score (nSPS) is 13.3. The first-order chi connectivity index (χ1) is 14.6. The van der Waals surface area contributed by atoms with Crippen molar-refractivity contribution in [1.82, 2.24) is 29.5 Å². The van der Waals surface area contributed by atoms with Crippen molar-refractivity contribution < 1.29 is 0 Å². The van der Waals surface area contributed by atoms with E-state index in [2.05, 4.69) is 67.4 Å². The van der Waals surface area contributed by atoms with Crippen LogP contribution in [0.3, 0.4) is 0 Å². The summed E-state index contributed by atoms with van der Waals surface area (Å²) in [6, 6.07) is 0.413. The molecular formula is C23H36N8. The minimum absolute atomic E-state index is 0.190. The SMILES string of the molecule is Cc1cnc(NC(C)Cc2c(C)nn(C)c2C)nc1NC(C)Cc1c(C)nn(C)c1C. The van der Waals surface area contributed by atoms with E-state index < -0.39 is 0 Å². The first-order valence-corrected chi connectivity index (χ1v) is 10.9. The molecule has 168 valence electrons. The third kappa shape index (κ3) is 5.06. The second-order valence-corrected chi connectivity index (χ2v) is 8.77. The zero-order valence-electron chi connectivity index (χ0n) is 20.3. The second kappa shape index (κ2) is 9.08. The lowest BCUT2D eigenvalue weighted by Gasteiger charge is -2.19. The number of nitrogens with zero attached hydrogens (tertiary/aromatic N) is 6. The van der Waals surface area contributed by atoms with Crippen LogP contribution >= 0.6 is 0 Å². The van der Waals surface area contributed by atoms with E-state index in [1.54, 1.807) is 0 Å². The fourth-order valence-electron chi connectivity index (χ4n) is 4.05. The van der Waals surface area contributed by atoms with E-state index in [1.165, 1.54) is 22.5 Å². The number of nitrogens with one attached hydrogen (secondary N) is 2. The summed E-state index contributed by atoms with van der Waals surface area (Å²) in [5, 5.41) is 16.1. The Bertz CT molecular complexity index is 1060. The Kier molecular flexibility index (Phi) is 6.67. The van der Waals surface area contributed by atoms with Crippen LogP contribution in [-0.4, -0.2) is 41.6 Å². The van der Waals surface area contributed by atoms with Gasteiger partial charge in [0, 0.05) is 49.3 Å². The Morgan fingerprint density at radius 1 is 0.806 bits per heavy atom. The van der Waals surface area contributed by atoms with Crippen molar-refractivity contribution in [2.24, 2.45) is 14.1 Å². The number of hydrogen-bond donors (Lipinski definition) is 2. The van der Waals surface area contributed by atoms with E-state index in [0.717, 1.165) is 35.6 Å². The van der Waals surface area contributed by atoms with E-state index in [0.29, 0.717) is 5.95 Å². The lowest BCUT2D eigenvalue weighted by atomic mass is 10.1. The molecule has 0 aromatic carbocycles. The van der Waals surface area contributed by atoms with Crippen LogP contribution in [0.15, 0.2) is 6.20 Å². The molecule has 31 heavy (non-hydrogen) atoms. The fourth-order valence-corrected chi connectivity index (χ4v) is 4.05. The van der Waals surface area contributed by atoms with Crippen LogP contribution in [0.25, 0.3) is 0 Å². The van der Waals surface area contributed by atoms with Crippen molar-refractivity contribution >= 4 is 11.8 Å². The molecule has 3 aromatic heterocycles. The Morgan fingerprint density at radius 3 is 1.74 bits per heavy atom. The van der Waals surface area contributed by atoms with Crippen molar-refractivity contribution in [3.63, 3.8) is 0 Å². The van der Waals surface area contributed by atoms with Gasteiger partial charge in [-0.05, 0) is 72.4 Å². The van der Waals surface area contributed by atoms with Crippen LogP contribution in [0.5, 0.6) is 0 Å². The number of aryl methyl sites for hydroxylation is 5. The van der Waals surface area contributed by atoms with Gasteiger partial charge in [0.2, 0.25) is 5.95 Å². The molecule has 2 atom stereocenters.